The molecule has 0 aliphatic rings. The van der Waals surface area contributed by atoms with Crippen LogP contribution in [-0.2, 0) is 0 Å². The average molecular weight is 250 g/mol. The molecule has 0 aliphatic heterocycles. The lowest BCUT2D eigenvalue weighted by Crippen LogP contribution is -1.98. The van der Waals surface area contributed by atoms with Crippen molar-refractivity contribution in [1.82, 2.24) is 14.6 Å². The summed E-state index contributed by atoms with van der Waals surface area (Å²) in [5, 5.41) is 16.1. The number of benzene rings is 1. The first-order chi connectivity index (χ1) is 9.26. The van der Waals surface area contributed by atoms with E-state index in [0.29, 0.717) is 23.0 Å². The van der Waals surface area contributed by atoms with Crippen LogP contribution in [0.3, 0.4) is 0 Å². The summed E-state index contributed by atoms with van der Waals surface area (Å²) in [7, 11) is 0. The Morgan fingerprint density at radius 1 is 1.16 bits per heavy atom. The predicted octanol–water partition coefficient (Wildman–Crippen LogP) is 1.93. The molecule has 6 heteroatoms. The zero-order valence-electron chi connectivity index (χ0n) is 9.91. The highest BCUT2D eigenvalue weighted by molar-refractivity contribution is 5.58. The van der Waals surface area contributed by atoms with E-state index in [0.717, 1.165) is 5.69 Å². The highest BCUT2D eigenvalue weighted by atomic mass is 15.4. The summed E-state index contributed by atoms with van der Waals surface area (Å²) >= 11 is 0. The van der Waals surface area contributed by atoms with E-state index in [-0.39, 0.29) is 0 Å². The number of nitrogens with one attached hydrogen (secondary N) is 1. The van der Waals surface area contributed by atoms with Gasteiger partial charge in [-0.25, -0.2) is 0 Å². The van der Waals surface area contributed by atoms with E-state index < -0.39 is 0 Å². The van der Waals surface area contributed by atoms with Crippen molar-refractivity contribution in [3.8, 4) is 6.07 Å². The topological polar surface area (TPSA) is 92.0 Å². The number of aromatic nitrogens is 3. The van der Waals surface area contributed by atoms with Crippen molar-refractivity contribution < 1.29 is 0 Å². The Hall–Kier alpha value is -3.07. The van der Waals surface area contributed by atoms with Gasteiger partial charge in [0.25, 0.3) is 0 Å². The minimum absolute atomic E-state index is 0.461. The van der Waals surface area contributed by atoms with Crippen molar-refractivity contribution in [1.29, 1.82) is 5.26 Å². The van der Waals surface area contributed by atoms with Gasteiger partial charge < -0.3 is 11.1 Å². The molecule has 92 valence electrons. The predicted molar refractivity (Wildman–Crippen MR) is 71.8 cm³/mol. The summed E-state index contributed by atoms with van der Waals surface area (Å²) in [6.45, 7) is 0. The molecule has 2 aromatic heterocycles. The minimum atomic E-state index is 0.461. The Morgan fingerprint density at radius 3 is 2.63 bits per heavy atom. The third-order valence-corrected chi connectivity index (χ3v) is 2.66. The molecule has 3 rings (SSSR count). The van der Waals surface area contributed by atoms with E-state index in [4.69, 9.17) is 11.0 Å². The Balaban J connectivity index is 1.92. The maximum atomic E-state index is 8.73. The molecule has 0 radical (unpaired) electrons. The minimum Gasteiger partial charge on any atom is -0.384 e. The zero-order chi connectivity index (χ0) is 13.2. The summed E-state index contributed by atoms with van der Waals surface area (Å²) in [4.78, 5) is 4.31. The maximum Gasteiger partial charge on any atom is 0.247 e. The van der Waals surface area contributed by atoms with Crippen molar-refractivity contribution in [2.24, 2.45) is 0 Å². The molecule has 19 heavy (non-hydrogen) atoms. The molecular formula is C13H10N6. The molecule has 3 aromatic rings. The van der Waals surface area contributed by atoms with Gasteiger partial charge in [0.15, 0.2) is 5.65 Å². The van der Waals surface area contributed by atoms with Crippen LogP contribution in [0.4, 0.5) is 17.5 Å². The first kappa shape index (κ1) is 11.0. The number of pyridine rings is 1. The maximum absolute atomic E-state index is 8.73. The van der Waals surface area contributed by atoms with E-state index in [9.17, 15) is 0 Å². The molecule has 0 unspecified atom stereocenters. The van der Waals surface area contributed by atoms with Crippen molar-refractivity contribution in [3.63, 3.8) is 0 Å². The molecule has 0 bridgehead atoms. The van der Waals surface area contributed by atoms with E-state index in [1.54, 1.807) is 34.8 Å². The summed E-state index contributed by atoms with van der Waals surface area (Å²) in [6, 6.07) is 14.5. The van der Waals surface area contributed by atoms with E-state index in [1.807, 2.05) is 12.1 Å². The third-order valence-electron chi connectivity index (χ3n) is 2.66. The van der Waals surface area contributed by atoms with Gasteiger partial charge in [-0.2, -0.15) is 14.8 Å². The lowest BCUT2D eigenvalue weighted by molar-refractivity contribution is 0.978. The van der Waals surface area contributed by atoms with Gasteiger partial charge in [0.1, 0.15) is 5.82 Å². The van der Waals surface area contributed by atoms with Crippen molar-refractivity contribution >= 4 is 23.1 Å². The van der Waals surface area contributed by atoms with Crippen LogP contribution in [0.2, 0.25) is 0 Å². The average Bonchev–Trinajstić information content (AvgIpc) is 2.84. The lowest BCUT2D eigenvalue weighted by atomic mass is 10.2. The number of nitriles is 1. The first-order valence-corrected chi connectivity index (χ1v) is 5.65. The Morgan fingerprint density at radius 2 is 1.95 bits per heavy atom. The first-order valence-electron chi connectivity index (χ1n) is 5.65. The molecule has 0 spiro atoms. The molecular weight excluding hydrogens is 240 g/mol. The van der Waals surface area contributed by atoms with Gasteiger partial charge in [-0.15, -0.1) is 5.10 Å². The van der Waals surface area contributed by atoms with E-state index in [1.165, 1.54) is 0 Å². The second kappa shape index (κ2) is 4.31. The van der Waals surface area contributed by atoms with E-state index in [2.05, 4.69) is 21.5 Å². The van der Waals surface area contributed by atoms with Crippen LogP contribution in [-0.4, -0.2) is 14.6 Å². The lowest BCUT2D eigenvalue weighted by Gasteiger charge is -2.00. The quantitative estimate of drug-likeness (QED) is 0.725. The Bertz CT molecular complexity index is 766. The standard InChI is InChI=1S/C13H10N6/c14-8-9-4-6-10(7-5-9)16-13-17-12-3-1-2-11(15)19(12)18-13/h1-7H,15H2,(H,16,18). The number of nitrogen functional groups attached to an aromatic ring is 1. The van der Waals surface area contributed by atoms with Gasteiger partial charge in [-0.3, -0.25) is 0 Å². The van der Waals surface area contributed by atoms with Crippen molar-refractivity contribution in [2.45, 2.75) is 0 Å². The molecule has 0 saturated heterocycles. The number of hydrogen-bond donors (Lipinski definition) is 2. The fraction of sp³-hybridized carbons (Fsp3) is 0. The fourth-order valence-electron chi connectivity index (χ4n) is 1.74. The number of fused-ring (bicyclic) bond motifs is 1. The van der Waals surface area contributed by atoms with Crippen LogP contribution in [0.5, 0.6) is 0 Å². The van der Waals surface area contributed by atoms with Crippen LogP contribution >= 0.6 is 0 Å². The highest BCUT2D eigenvalue weighted by Gasteiger charge is 2.05. The number of hydrogen-bond acceptors (Lipinski definition) is 5. The SMILES string of the molecule is N#Cc1ccc(Nc2nc3cccc(N)n3n2)cc1. The number of nitrogens with two attached hydrogens (primary N) is 1. The van der Waals surface area contributed by atoms with E-state index >= 15 is 0 Å². The third kappa shape index (κ3) is 2.05. The number of rotatable bonds is 2. The normalized spacial score (nSPS) is 10.3. The van der Waals surface area contributed by atoms with Crippen LogP contribution in [0.25, 0.3) is 5.65 Å². The van der Waals surface area contributed by atoms with Crippen molar-refractivity contribution in [2.75, 3.05) is 11.1 Å². The number of anilines is 3. The second-order valence-electron chi connectivity index (χ2n) is 3.97. The fourth-order valence-corrected chi connectivity index (χ4v) is 1.74. The van der Waals surface area contributed by atoms with Crippen molar-refractivity contribution in [3.05, 3.63) is 48.0 Å². The van der Waals surface area contributed by atoms with Gasteiger partial charge in [0.2, 0.25) is 5.95 Å². The zero-order valence-corrected chi connectivity index (χ0v) is 9.91. The van der Waals surface area contributed by atoms with Gasteiger partial charge in [0, 0.05) is 5.69 Å². The highest BCUT2D eigenvalue weighted by Crippen LogP contribution is 2.16. The van der Waals surface area contributed by atoms with Gasteiger partial charge >= 0.3 is 0 Å². The van der Waals surface area contributed by atoms with Crippen LogP contribution in [0.1, 0.15) is 5.56 Å². The molecule has 0 saturated carbocycles. The smallest absolute Gasteiger partial charge is 0.247 e. The molecule has 0 atom stereocenters. The molecule has 1 aromatic carbocycles. The molecule has 0 fully saturated rings. The van der Waals surface area contributed by atoms with Crippen LogP contribution in [0, 0.1) is 11.3 Å². The molecule has 0 aliphatic carbocycles. The van der Waals surface area contributed by atoms with Gasteiger partial charge in [0.05, 0.1) is 11.6 Å². The monoisotopic (exact) mass is 250 g/mol. The summed E-state index contributed by atoms with van der Waals surface area (Å²) in [5.41, 5.74) is 7.90. The Kier molecular flexibility index (Phi) is 2.50. The number of nitrogens with zero attached hydrogens (tertiary/aromatic N) is 4. The van der Waals surface area contributed by atoms with Gasteiger partial charge in [-0.05, 0) is 36.4 Å². The Labute approximate surface area is 109 Å². The van der Waals surface area contributed by atoms with Gasteiger partial charge in [-0.1, -0.05) is 6.07 Å². The molecule has 3 N–H and O–H groups in total. The van der Waals surface area contributed by atoms with Crippen LogP contribution < -0.4 is 11.1 Å². The summed E-state index contributed by atoms with van der Waals surface area (Å²) in [5.74, 6) is 0.987. The summed E-state index contributed by atoms with van der Waals surface area (Å²) < 4.78 is 1.56. The molecule has 0 amide bonds. The molecule has 6 nitrogen and oxygen atoms in total. The summed E-state index contributed by atoms with van der Waals surface area (Å²) in [6.07, 6.45) is 0. The molecule has 2 heterocycles. The van der Waals surface area contributed by atoms with Crippen LogP contribution in [0.15, 0.2) is 42.5 Å². The largest absolute Gasteiger partial charge is 0.384 e. The second-order valence-corrected chi connectivity index (χ2v) is 3.97.